The maximum absolute atomic E-state index is 6.80. The number of thiophene rings is 3. The second-order valence-corrected chi connectivity index (χ2v) is 41.0. The first-order chi connectivity index (χ1) is 71.4. The first kappa shape index (κ1) is 79.6. The smallest absolute Gasteiger partial charge is 0.143 e. The van der Waals surface area contributed by atoms with Crippen LogP contribution in [0.15, 0.2) is 471 Å². The van der Waals surface area contributed by atoms with E-state index in [1.54, 1.807) is 0 Å². The van der Waals surface area contributed by atoms with Gasteiger partial charge in [0.05, 0.1) is 44.1 Å². The van der Waals surface area contributed by atoms with E-state index in [0.717, 1.165) is 160 Å². The molecule has 0 amide bonds. The molecule has 0 saturated heterocycles. The SMILES string of the molecule is c1ccc(-n2c3ccccc3c3ccc4c5ccccc5n(-c5ccc6oc7c(-c8cccc9sc%10ccccc%10c89)cccc7c6c5)c4c32)cc1.c1ccc2c(c1)oc1cccc(-c3cccc4c3oc3ccc(-n5c6ccccc6c6c7c(ccc65)sc5ccccc57)cc34)c12.c1ccc2c(c1)oc1cccc(-c3cccc4c3oc3ccc(-n5c6ccccc6c6cc7c(cc65)sc5ccccc57)cc34)c12. The topological polar surface area (TPSA) is 85.4 Å². The molecule has 0 unspecified atom stereocenters. The predicted molar refractivity (Wildman–Crippen MR) is 608 cm³/mol. The maximum atomic E-state index is 6.80. The van der Waals surface area contributed by atoms with Crippen molar-refractivity contribution in [2.24, 2.45) is 0 Å². The van der Waals surface area contributed by atoms with Crippen molar-refractivity contribution >= 4 is 291 Å². The summed E-state index contributed by atoms with van der Waals surface area (Å²) in [7, 11) is 0. The Morgan fingerprint density at radius 3 is 1.01 bits per heavy atom. The summed E-state index contributed by atoms with van der Waals surface area (Å²) in [5.41, 5.74) is 29.7. The molecule has 144 heavy (non-hydrogen) atoms. The minimum Gasteiger partial charge on any atom is -0.456 e. The average molecular weight is 1890 g/mol. The number of para-hydroxylation sites is 10. The Labute approximate surface area is 830 Å². The largest absolute Gasteiger partial charge is 0.456 e. The van der Waals surface area contributed by atoms with Crippen molar-refractivity contribution in [2.75, 3.05) is 0 Å². The summed E-state index contributed by atoms with van der Waals surface area (Å²) in [4.78, 5) is 0. The van der Waals surface area contributed by atoms with E-state index in [2.05, 4.69) is 431 Å². The minimum atomic E-state index is 0.877. The molecule has 12 heterocycles. The maximum Gasteiger partial charge on any atom is 0.143 e. The molecule has 0 bridgehead atoms. The lowest BCUT2D eigenvalue weighted by Gasteiger charge is -2.12. The third-order valence-electron chi connectivity index (χ3n) is 30.1. The van der Waals surface area contributed by atoms with Crippen molar-refractivity contribution in [1.29, 1.82) is 0 Å². The lowest BCUT2D eigenvalue weighted by atomic mass is 9.97. The van der Waals surface area contributed by atoms with E-state index < -0.39 is 0 Å². The number of furan rings is 5. The van der Waals surface area contributed by atoms with Crippen LogP contribution in [0.2, 0.25) is 0 Å². The van der Waals surface area contributed by atoms with Crippen molar-refractivity contribution in [3.05, 3.63) is 449 Å². The standard InChI is InChI=1S/C48H28N2OS.2C42H23NO2S/c1-2-12-29(13-3-1)49-40-20-7-4-14-31(40)34-25-26-35-32-15-5-8-21-41(32)50(47(35)46(34)49)30-24-27-42-39(28-30)37-19-10-18-36(48(37)51-42)33-17-11-23-44-45(33)38-16-6-9-22-43(38)52-44;1-4-15-34-25(9-1)31-22-33-26-10-3-6-18-39(26)46-40(33)23-35(31)43(34)24-19-20-37-32(21-24)29-14-7-13-28(42(29)45-37)27-12-8-17-38-41(27)30-11-2-5-16-36(30)44-38;1-4-15-32-28(9-1)40-33(20-22-38-41(40)30-11-3-6-18-37(30)46-38)43(32)24-19-21-35-31(23-24)27-14-7-13-26(42(27)45-35)25-12-8-17-36-39(25)29-10-2-5-16-34(29)44-36/h1-28H;2*1-23H. The normalized spacial score (nSPS) is 12.3. The van der Waals surface area contributed by atoms with Crippen LogP contribution < -0.4 is 0 Å². The van der Waals surface area contributed by atoms with Crippen LogP contribution in [0, 0.1) is 0 Å². The van der Waals surface area contributed by atoms with Crippen LogP contribution in [-0.2, 0) is 0 Å². The van der Waals surface area contributed by atoms with E-state index in [4.69, 9.17) is 22.1 Å². The first-order valence-corrected chi connectivity index (χ1v) is 51.2. The van der Waals surface area contributed by atoms with Crippen molar-refractivity contribution in [1.82, 2.24) is 18.3 Å². The Hall–Kier alpha value is -18.3. The molecular formula is C132H74N4O5S3. The molecular weight excluding hydrogens is 1820 g/mol. The molecule has 0 aliphatic rings. The molecule has 670 valence electrons. The second kappa shape index (κ2) is 30.6. The molecule has 0 saturated carbocycles. The van der Waals surface area contributed by atoms with Crippen molar-refractivity contribution in [3.63, 3.8) is 0 Å². The first-order valence-electron chi connectivity index (χ1n) is 48.7. The number of benzene rings is 22. The van der Waals surface area contributed by atoms with Gasteiger partial charge in [0.1, 0.15) is 55.8 Å². The highest BCUT2D eigenvalue weighted by atomic mass is 32.1. The lowest BCUT2D eigenvalue weighted by molar-refractivity contribution is 0.668. The Morgan fingerprint density at radius 1 is 0.139 bits per heavy atom. The minimum absolute atomic E-state index is 0.877. The highest BCUT2D eigenvalue weighted by molar-refractivity contribution is 7.26. The lowest BCUT2D eigenvalue weighted by Crippen LogP contribution is -1.98. The molecule has 0 radical (unpaired) electrons. The van der Waals surface area contributed by atoms with Gasteiger partial charge in [-0.25, -0.2) is 0 Å². The highest BCUT2D eigenvalue weighted by Gasteiger charge is 2.29. The van der Waals surface area contributed by atoms with Gasteiger partial charge in [-0.2, -0.15) is 0 Å². The molecule has 0 N–H and O–H groups in total. The molecule has 22 aromatic carbocycles. The molecule has 0 spiro atoms. The Kier molecular flexibility index (Phi) is 16.9. The fraction of sp³-hybridized carbons (Fsp3) is 0. The number of hydrogen-bond acceptors (Lipinski definition) is 8. The fourth-order valence-electron chi connectivity index (χ4n) is 24.0. The van der Waals surface area contributed by atoms with Gasteiger partial charge < -0.3 is 40.4 Å². The van der Waals surface area contributed by atoms with Gasteiger partial charge in [-0.3, -0.25) is 0 Å². The van der Waals surface area contributed by atoms with Crippen LogP contribution >= 0.6 is 34.0 Å². The number of fused-ring (bicyclic) bond motifs is 38. The summed E-state index contributed by atoms with van der Waals surface area (Å²) in [6.45, 7) is 0. The fourth-order valence-corrected chi connectivity index (χ4v) is 27.4. The number of rotatable bonds is 7. The summed E-state index contributed by atoms with van der Waals surface area (Å²) in [5, 5.41) is 29.1. The van der Waals surface area contributed by atoms with Gasteiger partial charge in [0.2, 0.25) is 0 Å². The van der Waals surface area contributed by atoms with Crippen LogP contribution in [-0.4, -0.2) is 18.3 Å². The zero-order valence-electron chi connectivity index (χ0n) is 76.8. The molecule has 0 aliphatic carbocycles. The molecule has 12 heteroatoms. The van der Waals surface area contributed by atoms with Gasteiger partial charge in [-0.1, -0.05) is 285 Å². The van der Waals surface area contributed by atoms with Gasteiger partial charge in [0.25, 0.3) is 0 Å². The molecule has 0 aliphatic heterocycles. The molecule has 12 aromatic heterocycles. The summed E-state index contributed by atoms with van der Waals surface area (Å²) in [6, 6.07) is 161. The number of nitrogens with zero attached hydrogens (tertiary/aromatic N) is 4. The predicted octanol–water partition coefficient (Wildman–Crippen LogP) is 39.0. The van der Waals surface area contributed by atoms with Gasteiger partial charge in [-0.15, -0.1) is 34.0 Å². The Bertz CT molecular complexity index is 11500. The van der Waals surface area contributed by atoms with Gasteiger partial charge in [0, 0.05) is 197 Å². The quantitative estimate of drug-likeness (QED) is 0.159. The van der Waals surface area contributed by atoms with Crippen LogP contribution in [0.5, 0.6) is 0 Å². The van der Waals surface area contributed by atoms with E-state index in [-0.39, 0.29) is 0 Å². The zero-order valence-corrected chi connectivity index (χ0v) is 79.2. The molecule has 34 rings (SSSR count). The van der Waals surface area contributed by atoms with Crippen LogP contribution in [0.4, 0.5) is 0 Å². The van der Waals surface area contributed by atoms with Gasteiger partial charge >= 0.3 is 0 Å². The second-order valence-electron chi connectivity index (χ2n) is 37.7. The average Bonchev–Trinajstić information content (AvgIpc) is 1.50. The van der Waals surface area contributed by atoms with Gasteiger partial charge in [0.15, 0.2) is 0 Å². The van der Waals surface area contributed by atoms with E-state index in [1.807, 2.05) is 70.4 Å². The summed E-state index contributed by atoms with van der Waals surface area (Å²) in [6.07, 6.45) is 0. The van der Waals surface area contributed by atoms with Crippen molar-refractivity contribution < 1.29 is 22.1 Å². The van der Waals surface area contributed by atoms with E-state index >= 15 is 0 Å². The third-order valence-corrected chi connectivity index (χ3v) is 33.5. The Morgan fingerprint density at radius 2 is 0.486 bits per heavy atom. The summed E-state index contributed by atoms with van der Waals surface area (Å²) >= 11 is 5.58. The monoisotopic (exact) mass is 1890 g/mol. The van der Waals surface area contributed by atoms with Crippen LogP contribution in [0.3, 0.4) is 0 Å². The number of aromatic nitrogens is 4. The summed E-state index contributed by atoms with van der Waals surface area (Å²) < 4.78 is 50.2. The van der Waals surface area contributed by atoms with E-state index in [0.29, 0.717) is 0 Å². The van der Waals surface area contributed by atoms with Crippen LogP contribution in [0.1, 0.15) is 0 Å². The zero-order chi connectivity index (χ0) is 93.8. The molecule has 0 atom stereocenters. The molecule has 0 fully saturated rings. The third kappa shape index (κ3) is 11.5. The molecule has 34 aromatic rings. The van der Waals surface area contributed by atoms with Crippen molar-refractivity contribution in [2.45, 2.75) is 0 Å². The van der Waals surface area contributed by atoms with Gasteiger partial charge in [-0.05, 0) is 180 Å². The Balaban J connectivity index is 0.0000000969. The van der Waals surface area contributed by atoms with E-state index in [1.165, 1.54) is 153 Å². The van der Waals surface area contributed by atoms with Crippen molar-refractivity contribution in [3.8, 4) is 56.1 Å². The summed E-state index contributed by atoms with van der Waals surface area (Å²) in [5.74, 6) is 0. The molecule has 9 nitrogen and oxygen atoms in total. The van der Waals surface area contributed by atoms with E-state index in [9.17, 15) is 0 Å². The van der Waals surface area contributed by atoms with Crippen LogP contribution in [0.25, 0.3) is 314 Å². The highest BCUT2D eigenvalue weighted by Crippen LogP contribution is 2.53. The number of hydrogen-bond donors (Lipinski definition) is 0.